The normalized spacial score (nSPS) is 11.7. The van der Waals surface area contributed by atoms with Gasteiger partial charge in [0, 0.05) is 18.7 Å². The molecule has 4 heteroatoms. The molecule has 0 fully saturated rings. The van der Waals surface area contributed by atoms with Gasteiger partial charge in [-0.15, -0.1) is 0 Å². The standard InChI is InChI=1S/C19H21NO3/c1-15-7-9-17(10-8-15)19(23)20(18(14-22)11-12-21)13-16-5-3-2-4-6-16/h2-10,14,18,21H,11-13H2,1H3. The lowest BCUT2D eigenvalue weighted by atomic mass is 10.1. The first-order valence-electron chi connectivity index (χ1n) is 7.63. The average Bonchev–Trinajstić information content (AvgIpc) is 2.59. The molecule has 120 valence electrons. The van der Waals surface area contributed by atoms with E-state index in [1.807, 2.05) is 49.4 Å². The molecule has 1 atom stereocenters. The van der Waals surface area contributed by atoms with Gasteiger partial charge in [-0.25, -0.2) is 0 Å². The maximum atomic E-state index is 12.8. The third kappa shape index (κ3) is 4.50. The maximum Gasteiger partial charge on any atom is 0.254 e. The number of carbonyl (C=O) groups is 2. The smallest absolute Gasteiger partial charge is 0.254 e. The van der Waals surface area contributed by atoms with Crippen molar-refractivity contribution in [3.8, 4) is 0 Å². The molecule has 0 aliphatic carbocycles. The van der Waals surface area contributed by atoms with E-state index in [0.29, 0.717) is 12.1 Å². The maximum absolute atomic E-state index is 12.8. The van der Waals surface area contributed by atoms with Gasteiger partial charge in [0.05, 0.1) is 6.04 Å². The van der Waals surface area contributed by atoms with Gasteiger partial charge in [-0.3, -0.25) is 4.79 Å². The fourth-order valence-electron chi connectivity index (χ4n) is 2.41. The van der Waals surface area contributed by atoms with Crippen molar-refractivity contribution in [1.29, 1.82) is 0 Å². The Morgan fingerprint density at radius 1 is 1.13 bits per heavy atom. The zero-order valence-electron chi connectivity index (χ0n) is 13.2. The Morgan fingerprint density at radius 2 is 1.78 bits per heavy atom. The van der Waals surface area contributed by atoms with Crippen LogP contribution in [-0.4, -0.2) is 34.8 Å². The molecule has 0 bridgehead atoms. The van der Waals surface area contributed by atoms with Crippen molar-refractivity contribution in [2.24, 2.45) is 0 Å². The molecule has 0 spiro atoms. The summed E-state index contributed by atoms with van der Waals surface area (Å²) < 4.78 is 0. The van der Waals surface area contributed by atoms with Crippen LogP contribution in [0, 0.1) is 6.92 Å². The summed E-state index contributed by atoms with van der Waals surface area (Å²) in [6.45, 7) is 2.14. The lowest BCUT2D eigenvalue weighted by Crippen LogP contribution is -2.41. The zero-order chi connectivity index (χ0) is 16.7. The van der Waals surface area contributed by atoms with E-state index in [9.17, 15) is 14.7 Å². The third-order valence-electron chi connectivity index (χ3n) is 3.74. The number of benzene rings is 2. The number of carbonyl (C=O) groups excluding carboxylic acids is 2. The lowest BCUT2D eigenvalue weighted by Gasteiger charge is -2.28. The van der Waals surface area contributed by atoms with Gasteiger partial charge in [-0.05, 0) is 31.0 Å². The Kier molecular flexibility index (Phi) is 6.06. The lowest BCUT2D eigenvalue weighted by molar-refractivity contribution is -0.112. The second-order valence-corrected chi connectivity index (χ2v) is 5.50. The topological polar surface area (TPSA) is 57.6 Å². The quantitative estimate of drug-likeness (QED) is 0.800. The number of amides is 1. The minimum absolute atomic E-state index is 0.143. The molecular formula is C19H21NO3. The van der Waals surface area contributed by atoms with Crippen LogP contribution >= 0.6 is 0 Å². The summed E-state index contributed by atoms with van der Waals surface area (Å²) in [5.41, 5.74) is 2.55. The number of nitrogens with zero attached hydrogens (tertiary/aromatic N) is 1. The van der Waals surface area contributed by atoms with E-state index in [0.717, 1.165) is 17.4 Å². The zero-order valence-corrected chi connectivity index (χ0v) is 13.2. The summed E-state index contributed by atoms with van der Waals surface area (Å²) in [6.07, 6.45) is 0.958. The number of aryl methyl sites for hydroxylation is 1. The van der Waals surface area contributed by atoms with Crippen molar-refractivity contribution in [3.05, 3.63) is 71.3 Å². The van der Waals surface area contributed by atoms with Crippen molar-refractivity contribution in [2.75, 3.05) is 6.61 Å². The molecule has 2 aromatic carbocycles. The highest BCUT2D eigenvalue weighted by molar-refractivity contribution is 5.95. The van der Waals surface area contributed by atoms with Gasteiger partial charge in [0.25, 0.3) is 5.91 Å². The molecule has 23 heavy (non-hydrogen) atoms. The van der Waals surface area contributed by atoms with Crippen molar-refractivity contribution in [3.63, 3.8) is 0 Å². The summed E-state index contributed by atoms with van der Waals surface area (Å²) in [6, 6.07) is 16.1. The van der Waals surface area contributed by atoms with E-state index in [-0.39, 0.29) is 18.9 Å². The first-order valence-corrected chi connectivity index (χ1v) is 7.63. The fourth-order valence-corrected chi connectivity index (χ4v) is 2.41. The molecule has 0 radical (unpaired) electrons. The summed E-state index contributed by atoms with van der Waals surface area (Å²) >= 11 is 0. The van der Waals surface area contributed by atoms with Crippen LogP contribution < -0.4 is 0 Å². The molecule has 0 saturated carbocycles. The number of hydrogen-bond acceptors (Lipinski definition) is 3. The van der Waals surface area contributed by atoms with Gasteiger partial charge in [-0.2, -0.15) is 0 Å². The Morgan fingerprint density at radius 3 is 2.35 bits per heavy atom. The van der Waals surface area contributed by atoms with E-state index in [1.54, 1.807) is 12.1 Å². The summed E-state index contributed by atoms with van der Waals surface area (Å²) in [5, 5.41) is 9.17. The highest BCUT2D eigenvalue weighted by Crippen LogP contribution is 2.15. The average molecular weight is 311 g/mol. The molecule has 0 saturated heterocycles. The molecule has 0 aromatic heterocycles. The van der Waals surface area contributed by atoms with Crippen LogP contribution in [0.3, 0.4) is 0 Å². The van der Waals surface area contributed by atoms with Crippen molar-refractivity contribution >= 4 is 12.2 Å². The summed E-state index contributed by atoms with van der Waals surface area (Å²) in [7, 11) is 0. The summed E-state index contributed by atoms with van der Waals surface area (Å²) in [5.74, 6) is -0.209. The molecule has 4 nitrogen and oxygen atoms in total. The molecule has 0 aliphatic rings. The van der Waals surface area contributed by atoms with Gasteiger partial charge in [0.1, 0.15) is 6.29 Å². The van der Waals surface area contributed by atoms with Gasteiger partial charge in [0.15, 0.2) is 0 Å². The monoisotopic (exact) mass is 311 g/mol. The first kappa shape index (κ1) is 16.9. The van der Waals surface area contributed by atoms with Gasteiger partial charge < -0.3 is 14.8 Å². The molecule has 1 N–H and O–H groups in total. The molecule has 1 unspecified atom stereocenters. The number of aliphatic hydroxyl groups excluding tert-OH is 1. The summed E-state index contributed by atoms with van der Waals surface area (Å²) in [4.78, 5) is 25.7. The highest BCUT2D eigenvalue weighted by Gasteiger charge is 2.24. The van der Waals surface area contributed by atoms with E-state index >= 15 is 0 Å². The molecule has 2 aromatic rings. The minimum atomic E-state index is -0.644. The Balaban J connectivity index is 2.29. The molecular weight excluding hydrogens is 290 g/mol. The van der Waals surface area contributed by atoms with E-state index in [2.05, 4.69) is 0 Å². The second-order valence-electron chi connectivity index (χ2n) is 5.50. The molecule has 0 aliphatic heterocycles. The number of aliphatic hydroxyl groups is 1. The fraction of sp³-hybridized carbons (Fsp3) is 0.263. The predicted octanol–water partition coefficient (Wildman–Crippen LogP) is 2.59. The van der Waals surface area contributed by atoms with Crippen LogP contribution in [0.15, 0.2) is 54.6 Å². The molecule has 1 amide bonds. The van der Waals surface area contributed by atoms with E-state index in [1.165, 1.54) is 4.90 Å². The third-order valence-corrected chi connectivity index (χ3v) is 3.74. The number of rotatable bonds is 7. The highest BCUT2D eigenvalue weighted by atomic mass is 16.3. The Hall–Kier alpha value is -2.46. The van der Waals surface area contributed by atoms with E-state index < -0.39 is 6.04 Å². The number of hydrogen-bond donors (Lipinski definition) is 1. The Bertz CT molecular complexity index is 637. The van der Waals surface area contributed by atoms with Crippen LogP contribution in [-0.2, 0) is 11.3 Å². The van der Waals surface area contributed by atoms with Crippen molar-refractivity contribution < 1.29 is 14.7 Å². The predicted molar refractivity (Wildman–Crippen MR) is 89.0 cm³/mol. The Labute approximate surface area is 136 Å². The minimum Gasteiger partial charge on any atom is -0.396 e. The van der Waals surface area contributed by atoms with Crippen LogP contribution in [0.1, 0.15) is 27.9 Å². The van der Waals surface area contributed by atoms with Crippen LogP contribution in [0.4, 0.5) is 0 Å². The molecule has 0 heterocycles. The van der Waals surface area contributed by atoms with Crippen LogP contribution in [0.5, 0.6) is 0 Å². The second kappa shape index (κ2) is 8.25. The van der Waals surface area contributed by atoms with Crippen LogP contribution in [0.25, 0.3) is 0 Å². The van der Waals surface area contributed by atoms with Crippen LogP contribution in [0.2, 0.25) is 0 Å². The number of aldehydes is 1. The van der Waals surface area contributed by atoms with Gasteiger partial charge in [-0.1, -0.05) is 48.0 Å². The first-order chi connectivity index (χ1) is 11.2. The van der Waals surface area contributed by atoms with Crippen molar-refractivity contribution in [2.45, 2.75) is 25.9 Å². The van der Waals surface area contributed by atoms with Gasteiger partial charge >= 0.3 is 0 Å². The molecule has 2 rings (SSSR count). The van der Waals surface area contributed by atoms with Gasteiger partial charge in [0.2, 0.25) is 0 Å². The van der Waals surface area contributed by atoms with E-state index in [4.69, 9.17) is 0 Å². The largest absolute Gasteiger partial charge is 0.396 e. The van der Waals surface area contributed by atoms with Crippen molar-refractivity contribution in [1.82, 2.24) is 4.90 Å². The SMILES string of the molecule is Cc1ccc(C(=O)N(Cc2ccccc2)C(C=O)CCO)cc1.